The fourth-order valence-electron chi connectivity index (χ4n) is 8.10. The van der Waals surface area contributed by atoms with Crippen LogP contribution in [-0.2, 0) is 51.1 Å². The van der Waals surface area contributed by atoms with Gasteiger partial charge in [0, 0.05) is 25.4 Å². The smallest absolute Gasteiger partial charge is 0.410 e. The van der Waals surface area contributed by atoms with Gasteiger partial charge in [-0.2, -0.15) is 0 Å². The van der Waals surface area contributed by atoms with Crippen molar-refractivity contribution in [3.63, 3.8) is 0 Å². The number of hydrogen-bond donors (Lipinski definition) is 6. The lowest BCUT2D eigenvalue weighted by Gasteiger charge is -2.50. The number of alkyl carbamates (subject to hydrolysis) is 2. The fourth-order valence-corrected chi connectivity index (χ4v) is 8.10. The molecule has 4 saturated heterocycles. The van der Waals surface area contributed by atoms with Crippen LogP contribution in [0.25, 0.3) is 0 Å². The van der Waals surface area contributed by atoms with Gasteiger partial charge in [-0.1, -0.05) is 67.6 Å². The van der Waals surface area contributed by atoms with Gasteiger partial charge in [-0.3, -0.25) is 4.90 Å². The number of nitrogens with two attached hydrogens (primary N) is 1. The standard InChI is InChI=1S/C39H52N4O14/c1-20-13-29-32(33-31(43(2)39(49)56-33)36(53-29)57-35-27(46)14-23(40)30(17-44)54-35)55-34(20)52-28-16-26(45)24(41-37(47)50-18-21-9-5-3-6-10-21)15-25(28)42-38(48)51-19-22-11-7-4-8-12-22/h3-12,20,23-36,44-46H,13-19,40H2,1-2H3,(H,41,47)(H,42,48)/t20?,23-,24+,25?,26-,27?,28-,29-,30?,31?,32?,33?,34-,35+,36?/m0/s1. The molecule has 7 N–H and O–H groups in total. The fraction of sp³-hybridized carbons (Fsp3) is 0.615. The molecule has 5 fully saturated rings. The maximum Gasteiger partial charge on any atom is 0.410 e. The first-order valence-electron chi connectivity index (χ1n) is 19.3. The lowest BCUT2D eigenvalue weighted by molar-refractivity contribution is -0.368. The first kappa shape index (κ1) is 41.1. The minimum atomic E-state index is -1.18. The van der Waals surface area contributed by atoms with Crippen LogP contribution in [0.4, 0.5) is 14.4 Å². The van der Waals surface area contributed by atoms with Crippen molar-refractivity contribution < 1.29 is 67.6 Å². The molecule has 18 heteroatoms. The molecule has 0 aromatic heterocycles. The molecule has 3 amide bonds. The van der Waals surface area contributed by atoms with Crippen LogP contribution in [0.1, 0.15) is 43.7 Å². The van der Waals surface area contributed by atoms with Crippen LogP contribution < -0.4 is 16.4 Å². The number of aliphatic hydroxyl groups is 3. The molecule has 8 unspecified atom stereocenters. The van der Waals surface area contributed by atoms with Gasteiger partial charge in [0.2, 0.25) is 0 Å². The Morgan fingerprint density at radius 1 is 0.789 bits per heavy atom. The van der Waals surface area contributed by atoms with E-state index >= 15 is 0 Å². The van der Waals surface area contributed by atoms with Crippen molar-refractivity contribution in [3.8, 4) is 0 Å². The van der Waals surface area contributed by atoms with E-state index < -0.39 is 104 Å². The van der Waals surface area contributed by atoms with E-state index in [2.05, 4.69) is 10.6 Å². The molecule has 1 saturated carbocycles. The molecule has 0 radical (unpaired) electrons. The first-order chi connectivity index (χ1) is 27.5. The van der Waals surface area contributed by atoms with Crippen LogP contribution in [0.15, 0.2) is 60.7 Å². The Morgan fingerprint density at radius 3 is 2.05 bits per heavy atom. The van der Waals surface area contributed by atoms with Crippen molar-refractivity contribution in [2.45, 2.75) is 132 Å². The van der Waals surface area contributed by atoms with Crippen LogP contribution in [0.3, 0.4) is 0 Å². The predicted octanol–water partition coefficient (Wildman–Crippen LogP) is 1.22. The number of nitrogens with one attached hydrogen (secondary N) is 2. The quantitative estimate of drug-likeness (QED) is 0.175. The molecule has 15 atom stereocenters. The van der Waals surface area contributed by atoms with Crippen molar-refractivity contribution >= 4 is 18.3 Å². The number of amides is 3. The maximum absolute atomic E-state index is 13.2. The molecule has 57 heavy (non-hydrogen) atoms. The monoisotopic (exact) mass is 800 g/mol. The molecule has 0 bridgehead atoms. The zero-order valence-electron chi connectivity index (χ0n) is 31.7. The lowest BCUT2D eigenvalue weighted by Crippen LogP contribution is -2.66. The summed E-state index contributed by atoms with van der Waals surface area (Å²) >= 11 is 0. The van der Waals surface area contributed by atoms with Gasteiger partial charge in [0.25, 0.3) is 0 Å². The minimum absolute atomic E-state index is 0.00629. The van der Waals surface area contributed by atoms with E-state index in [-0.39, 0.29) is 45.0 Å². The summed E-state index contributed by atoms with van der Waals surface area (Å²) in [6, 6.07) is 15.4. The summed E-state index contributed by atoms with van der Waals surface area (Å²) in [6.45, 7) is 1.58. The van der Waals surface area contributed by atoms with Crippen molar-refractivity contribution in [2.24, 2.45) is 11.7 Å². The molecule has 2 aromatic rings. The van der Waals surface area contributed by atoms with E-state index in [1.807, 2.05) is 67.6 Å². The Kier molecular flexibility index (Phi) is 13.1. The molecule has 2 aromatic carbocycles. The number of nitrogens with zero attached hydrogens (tertiary/aromatic N) is 1. The third-order valence-corrected chi connectivity index (χ3v) is 11.2. The Morgan fingerprint density at radius 2 is 1.42 bits per heavy atom. The number of carbonyl (C=O) groups excluding carboxylic acids is 3. The molecule has 1 aliphatic carbocycles. The van der Waals surface area contributed by atoms with Crippen molar-refractivity contribution in [1.29, 1.82) is 0 Å². The first-order valence-corrected chi connectivity index (χ1v) is 19.3. The maximum atomic E-state index is 13.2. The van der Waals surface area contributed by atoms with E-state index in [9.17, 15) is 29.7 Å². The number of hydrogen-bond acceptors (Lipinski definition) is 15. The molecule has 18 nitrogen and oxygen atoms in total. The Balaban J connectivity index is 1.03. The average molecular weight is 801 g/mol. The average Bonchev–Trinajstić information content (AvgIpc) is 3.50. The number of rotatable bonds is 11. The van der Waals surface area contributed by atoms with E-state index in [4.69, 9.17) is 43.6 Å². The van der Waals surface area contributed by atoms with Gasteiger partial charge >= 0.3 is 18.3 Å². The van der Waals surface area contributed by atoms with Crippen LogP contribution >= 0.6 is 0 Å². The van der Waals surface area contributed by atoms with E-state index in [1.165, 1.54) is 11.9 Å². The number of fused-ring (bicyclic) bond motifs is 3. The Bertz CT molecular complexity index is 1660. The highest BCUT2D eigenvalue weighted by molar-refractivity contribution is 5.71. The topological polar surface area (TPSA) is 239 Å². The molecule has 4 aliphatic heterocycles. The second-order valence-electron chi connectivity index (χ2n) is 15.3. The highest BCUT2D eigenvalue weighted by Crippen LogP contribution is 2.42. The van der Waals surface area contributed by atoms with Crippen molar-refractivity contribution in [2.75, 3.05) is 13.7 Å². The zero-order valence-corrected chi connectivity index (χ0v) is 31.7. The van der Waals surface area contributed by atoms with Crippen molar-refractivity contribution in [1.82, 2.24) is 15.5 Å². The summed E-state index contributed by atoms with van der Waals surface area (Å²) in [5.41, 5.74) is 7.61. The molecule has 4 heterocycles. The van der Waals surface area contributed by atoms with Gasteiger partial charge < -0.3 is 69.6 Å². The van der Waals surface area contributed by atoms with Gasteiger partial charge in [0.05, 0.1) is 43.1 Å². The van der Waals surface area contributed by atoms with Gasteiger partial charge in [-0.05, 0) is 30.4 Å². The lowest BCUT2D eigenvalue weighted by atomic mass is 9.85. The molecule has 312 valence electrons. The molecular formula is C39H52N4O14. The van der Waals surface area contributed by atoms with Crippen LogP contribution in [0.2, 0.25) is 0 Å². The third kappa shape index (κ3) is 9.62. The second kappa shape index (κ2) is 18.2. The largest absolute Gasteiger partial charge is 0.445 e. The number of aliphatic hydroxyl groups excluding tert-OH is 3. The SMILES string of the molecule is CC1C[C@@H]2OC(O[C@H]3OC(CO)[C@@H](N)CC3O)C3C(OC(=O)N3C)C2O[C@@H]1O[C@H]1C[C@H](O)[C@H](NC(=O)OCc2ccccc2)CC1NC(=O)OCc1ccccc1. The van der Waals surface area contributed by atoms with Crippen molar-refractivity contribution in [3.05, 3.63) is 71.8 Å². The van der Waals surface area contributed by atoms with E-state index in [0.29, 0.717) is 6.42 Å². The third-order valence-electron chi connectivity index (χ3n) is 11.2. The summed E-state index contributed by atoms with van der Waals surface area (Å²) in [5, 5.41) is 37.3. The number of likely N-dealkylation sites (N-methyl/N-ethyl adjacent to an activating group) is 1. The summed E-state index contributed by atoms with van der Waals surface area (Å²) in [6.07, 6.45) is -10.7. The highest BCUT2D eigenvalue weighted by atomic mass is 16.8. The van der Waals surface area contributed by atoms with Crippen LogP contribution in [-0.4, -0.2) is 138 Å². The van der Waals surface area contributed by atoms with Gasteiger partial charge in [-0.15, -0.1) is 0 Å². The number of carbonyl (C=O) groups is 3. The van der Waals surface area contributed by atoms with Gasteiger partial charge in [-0.25, -0.2) is 14.4 Å². The summed E-state index contributed by atoms with van der Waals surface area (Å²) in [4.78, 5) is 40.2. The summed E-state index contributed by atoms with van der Waals surface area (Å²) in [5.74, 6) is -0.307. The molecular weight excluding hydrogens is 748 g/mol. The number of ether oxygens (including phenoxy) is 8. The minimum Gasteiger partial charge on any atom is -0.445 e. The second-order valence-corrected chi connectivity index (χ2v) is 15.3. The summed E-state index contributed by atoms with van der Waals surface area (Å²) in [7, 11) is 1.54. The predicted molar refractivity (Wildman–Crippen MR) is 196 cm³/mol. The Hall–Kier alpha value is -4.11. The molecule has 5 aliphatic rings. The van der Waals surface area contributed by atoms with Crippen LogP contribution in [0, 0.1) is 5.92 Å². The zero-order chi connectivity index (χ0) is 40.2. The normalized spacial score (nSPS) is 37.6. The van der Waals surface area contributed by atoms with Gasteiger partial charge in [0.1, 0.15) is 31.5 Å². The molecule has 7 rings (SSSR count). The Labute approximate surface area is 329 Å². The molecule has 0 spiro atoms. The van der Waals surface area contributed by atoms with E-state index in [1.54, 1.807) is 0 Å². The van der Waals surface area contributed by atoms with Crippen LogP contribution in [0.5, 0.6) is 0 Å². The highest BCUT2D eigenvalue weighted by Gasteiger charge is 2.60. The number of benzene rings is 2. The van der Waals surface area contributed by atoms with Gasteiger partial charge in [0.15, 0.2) is 25.0 Å². The van der Waals surface area contributed by atoms with E-state index in [0.717, 1.165) is 11.1 Å². The summed E-state index contributed by atoms with van der Waals surface area (Å²) < 4.78 is 48.1.